The fourth-order valence-corrected chi connectivity index (χ4v) is 2.05. The zero-order valence-electron chi connectivity index (χ0n) is 8.64. The number of ketones is 1. The van der Waals surface area contributed by atoms with Crippen LogP contribution in [0.2, 0.25) is 0 Å². The molecular weight excluding hydrogens is 162 g/mol. The van der Waals surface area contributed by atoms with Gasteiger partial charge in [-0.2, -0.15) is 0 Å². The van der Waals surface area contributed by atoms with Crippen LogP contribution < -0.4 is 5.32 Å². The Labute approximate surface area is 81.1 Å². The number of hydrogen-bond donors (Lipinski definition) is 1. The Kier molecular flexibility index (Phi) is 5.06. The molecule has 1 rings (SSSR count). The van der Waals surface area contributed by atoms with Crippen molar-refractivity contribution in [2.45, 2.75) is 44.9 Å². The molecule has 0 bridgehead atoms. The molecule has 1 N–H and O–H groups in total. The normalized spacial score (nSPS) is 17.9. The molecule has 76 valence electrons. The Morgan fingerprint density at radius 2 is 2.00 bits per heavy atom. The van der Waals surface area contributed by atoms with Crippen molar-refractivity contribution in [3.05, 3.63) is 0 Å². The van der Waals surface area contributed by atoms with Crippen LogP contribution in [0.25, 0.3) is 0 Å². The largest absolute Gasteiger partial charge is 0.320 e. The predicted octanol–water partition coefficient (Wildman–Crippen LogP) is 2.14. The zero-order valence-corrected chi connectivity index (χ0v) is 8.64. The van der Waals surface area contributed by atoms with Crippen LogP contribution >= 0.6 is 0 Å². The van der Waals surface area contributed by atoms with Gasteiger partial charge in [-0.1, -0.05) is 12.8 Å². The highest BCUT2D eigenvalue weighted by Crippen LogP contribution is 2.26. The molecule has 0 aromatic rings. The highest BCUT2D eigenvalue weighted by Gasteiger charge is 2.21. The average molecular weight is 183 g/mol. The summed E-state index contributed by atoms with van der Waals surface area (Å²) in [6.07, 6.45) is 7.87. The highest BCUT2D eigenvalue weighted by atomic mass is 16.1. The van der Waals surface area contributed by atoms with Gasteiger partial charge >= 0.3 is 0 Å². The van der Waals surface area contributed by atoms with E-state index in [4.69, 9.17) is 0 Å². The topological polar surface area (TPSA) is 29.1 Å². The van der Waals surface area contributed by atoms with Gasteiger partial charge in [0, 0.05) is 12.3 Å². The van der Waals surface area contributed by atoms with Gasteiger partial charge in [-0.3, -0.25) is 4.79 Å². The molecule has 1 fully saturated rings. The SMILES string of the molecule is CNCCCCC(=O)C1CCCC1. The molecule has 0 saturated heterocycles. The van der Waals surface area contributed by atoms with Gasteiger partial charge in [0.1, 0.15) is 5.78 Å². The molecule has 0 amide bonds. The quantitative estimate of drug-likeness (QED) is 0.639. The van der Waals surface area contributed by atoms with Crippen LogP contribution in [0.4, 0.5) is 0 Å². The first kappa shape index (κ1) is 10.7. The van der Waals surface area contributed by atoms with Crippen LogP contribution in [0.5, 0.6) is 0 Å². The molecule has 1 saturated carbocycles. The summed E-state index contributed by atoms with van der Waals surface area (Å²) in [5, 5.41) is 3.10. The molecule has 1 aliphatic carbocycles. The number of Topliss-reactive ketones (excluding diaryl/α,β-unsaturated/α-hetero) is 1. The van der Waals surface area contributed by atoms with Gasteiger partial charge in [-0.05, 0) is 39.3 Å². The molecule has 13 heavy (non-hydrogen) atoms. The monoisotopic (exact) mass is 183 g/mol. The Morgan fingerprint density at radius 1 is 1.31 bits per heavy atom. The molecule has 0 atom stereocenters. The van der Waals surface area contributed by atoms with Crippen LogP contribution in [0.15, 0.2) is 0 Å². The van der Waals surface area contributed by atoms with E-state index in [2.05, 4.69) is 5.32 Å². The third kappa shape index (κ3) is 3.90. The first-order valence-corrected chi connectivity index (χ1v) is 5.52. The predicted molar refractivity (Wildman–Crippen MR) is 54.7 cm³/mol. The molecule has 0 aromatic carbocycles. The third-order valence-corrected chi connectivity index (χ3v) is 2.91. The van der Waals surface area contributed by atoms with Crippen molar-refractivity contribution < 1.29 is 4.79 Å². The molecule has 0 radical (unpaired) electrons. The lowest BCUT2D eigenvalue weighted by Crippen LogP contribution is -2.12. The molecule has 0 aromatic heterocycles. The molecular formula is C11H21NO. The van der Waals surface area contributed by atoms with E-state index in [0.29, 0.717) is 11.7 Å². The summed E-state index contributed by atoms with van der Waals surface area (Å²) in [6.45, 7) is 1.04. The minimum absolute atomic E-state index is 0.426. The van der Waals surface area contributed by atoms with Crippen LogP contribution in [-0.4, -0.2) is 19.4 Å². The minimum Gasteiger partial charge on any atom is -0.320 e. The summed E-state index contributed by atoms with van der Waals surface area (Å²) < 4.78 is 0. The van der Waals surface area contributed by atoms with Crippen molar-refractivity contribution in [2.75, 3.05) is 13.6 Å². The lowest BCUT2D eigenvalue weighted by molar-refractivity contribution is -0.122. The maximum absolute atomic E-state index is 11.6. The van der Waals surface area contributed by atoms with Crippen molar-refractivity contribution >= 4 is 5.78 Å². The summed E-state index contributed by atoms with van der Waals surface area (Å²) in [5.41, 5.74) is 0. The lowest BCUT2D eigenvalue weighted by Gasteiger charge is -2.06. The number of hydrogen-bond acceptors (Lipinski definition) is 2. The first-order chi connectivity index (χ1) is 6.34. The standard InChI is InChI=1S/C11H21NO/c1-12-9-5-4-8-11(13)10-6-2-3-7-10/h10,12H,2-9H2,1H3. The first-order valence-electron chi connectivity index (χ1n) is 5.52. The van der Waals surface area contributed by atoms with Crippen LogP contribution in [-0.2, 0) is 4.79 Å². The van der Waals surface area contributed by atoms with Crippen molar-refractivity contribution in [1.82, 2.24) is 5.32 Å². The highest BCUT2D eigenvalue weighted by molar-refractivity contribution is 5.81. The van der Waals surface area contributed by atoms with Crippen molar-refractivity contribution in [3.8, 4) is 0 Å². The fourth-order valence-electron chi connectivity index (χ4n) is 2.05. The fraction of sp³-hybridized carbons (Fsp3) is 0.909. The Morgan fingerprint density at radius 3 is 2.62 bits per heavy atom. The Balaban J connectivity index is 2.03. The number of rotatable bonds is 6. The van der Waals surface area contributed by atoms with Crippen molar-refractivity contribution in [2.24, 2.45) is 5.92 Å². The summed E-state index contributed by atoms with van der Waals surface area (Å²) >= 11 is 0. The van der Waals surface area contributed by atoms with Gasteiger partial charge in [0.05, 0.1) is 0 Å². The van der Waals surface area contributed by atoms with E-state index >= 15 is 0 Å². The smallest absolute Gasteiger partial charge is 0.135 e. The number of nitrogens with one attached hydrogen (secondary N) is 1. The van der Waals surface area contributed by atoms with Crippen LogP contribution in [0.1, 0.15) is 44.9 Å². The van der Waals surface area contributed by atoms with Crippen molar-refractivity contribution in [3.63, 3.8) is 0 Å². The van der Waals surface area contributed by atoms with Crippen LogP contribution in [0, 0.1) is 5.92 Å². The molecule has 0 heterocycles. The van der Waals surface area contributed by atoms with E-state index in [-0.39, 0.29) is 0 Å². The van der Waals surface area contributed by atoms with Gasteiger partial charge in [-0.15, -0.1) is 0 Å². The van der Waals surface area contributed by atoms with Crippen molar-refractivity contribution in [1.29, 1.82) is 0 Å². The van der Waals surface area contributed by atoms with E-state index in [1.54, 1.807) is 0 Å². The lowest BCUT2D eigenvalue weighted by atomic mass is 9.98. The van der Waals surface area contributed by atoms with Gasteiger partial charge in [-0.25, -0.2) is 0 Å². The number of unbranched alkanes of at least 4 members (excludes halogenated alkanes) is 1. The maximum Gasteiger partial charge on any atom is 0.135 e. The number of carbonyl (C=O) groups excluding carboxylic acids is 1. The van der Waals surface area contributed by atoms with Gasteiger partial charge in [0.15, 0.2) is 0 Å². The summed E-state index contributed by atoms with van der Waals surface area (Å²) in [7, 11) is 1.96. The maximum atomic E-state index is 11.6. The Hall–Kier alpha value is -0.370. The second-order valence-electron chi connectivity index (χ2n) is 4.01. The molecule has 0 spiro atoms. The summed E-state index contributed by atoms with van der Waals surface area (Å²) in [4.78, 5) is 11.6. The minimum atomic E-state index is 0.426. The molecule has 2 nitrogen and oxygen atoms in total. The molecule has 2 heteroatoms. The third-order valence-electron chi connectivity index (χ3n) is 2.91. The van der Waals surface area contributed by atoms with E-state index in [1.807, 2.05) is 7.05 Å². The molecule has 0 unspecified atom stereocenters. The van der Waals surface area contributed by atoms with E-state index < -0.39 is 0 Å². The molecule has 0 aliphatic heterocycles. The van der Waals surface area contributed by atoms with E-state index in [1.165, 1.54) is 12.8 Å². The summed E-state index contributed by atoms with van der Waals surface area (Å²) in [6, 6.07) is 0. The molecule has 1 aliphatic rings. The number of carbonyl (C=O) groups is 1. The second-order valence-corrected chi connectivity index (χ2v) is 4.01. The summed E-state index contributed by atoms with van der Waals surface area (Å²) in [5.74, 6) is 0.947. The second kappa shape index (κ2) is 6.14. The van der Waals surface area contributed by atoms with Gasteiger partial charge in [0.2, 0.25) is 0 Å². The average Bonchev–Trinajstić information content (AvgIpc) is 2.65. The van der Waals surface area contributed by atoms with Gasteiger partial charge in [0.25, 0.3) is 0 Å². The Bertz CT molecular complexity index is 150. The van der Waals surface area contributed by atoms with Crippen LogP contribution in [0.3, 0.4) is 0 Å². The van der Waals surface area contributed by atoms with Gasteiger partial charge < -0.3 is 5.32 Å². The van der Waals surface area contributed by atoms with E-state index in [9.17, 15) is 4.79 Å². The zero-order chi connectivity index (χ0) is 9.52. The van der Waals surface area contributed by atoms with E-state index in [0.717, 1.165) is 38.6 Å².